The van der Waals surface area contributed by atoms with E-state index in [1.807, 2.05) is 4.90 Å². The number of anilines is 2. The topological polar surface area (TPSA) is 78.7 Å². The second-order valence-electron chi connectivity index (χ2n) is 8.73. The van der Waals surface area contributed by atoms with E-state index in [2.05, 4.69) is 15.1 Å². The number of cyclic esters (lactones) is 1. The molecule has 0 spiro atoms. The molecular weight excluding hydrogens is 441 g/mol. The normalized spacial score (nSPS) is 21.3. The molecule has 0 unspecified atom stereocenters. The number of hydrogen-bond donors (Lipinski definition) is 1. The van der Waals surface area contributed by atoms with Crippen molar-refractivity contribution in [2.45, 2.75) is 25.9 Å². The minimum absolute atomic E-state index is 0.200. The molecule has 34 heavy (non-hydrogen) atoms. The highest BCUT2D eigenvalue weighted by Crippen LogP contribution is 2.31. The maximum Gasteiger partial charge on any atom is 0.414 e. The molecule has 1 atom stereocenters. The molecule has 1 aromatic rings. The van der Waals surface area contributed by atoms with Gasteiger partial charge >= 0.3 is 6.09 Å². The zero-order valence-electron chi connectivity index (χ0n) is 19.4. The fourth-order valence-corrected chi connectivity index (χ4v) is 4.52. The summed E-state index contributed by atoms with van der Waals surface area (Å²) >= 11 is 0. The van der Waals surface area contributed by atoms with Crippen molar-refractivity contribution >= 4 is 23.4 Å². The fraction of sp³-hybridized carbons (Fsp3) is 0.542. The number of benzene rings is 1. The summed E-state index contributed by atoms with van der Waals surface area (Å²) in [5.74, 6) is -0.601. The number of piperidine rings is 1. The molecule has 1 N–H and O–H groups in total. The van der Waals surface area contributed by atoms with Crippen LogP contribution in [-0.4, -0.2) is 82.0 Å². The Kier molecular flexibility index (Phi) is 7.65. The number of rotatable bonds is 6. The standard InChI is InChI=1S/C24H30FN5O4/c1-17(31)27-14-20-15-30(24(32)34-20)19-3-4-23(21(25)13-19)29-7-5-18(6-8-29)22(26-2)16-28-9-11-33-12-10-28/h3-4,13,20H,5-12,14-16H2,1H3,(H,27,31)/t20-/m0/s1. The van der Waals surface area contributed by atoms with E-state index in [9.17, 15) is 9.59 Å². The van der Waals surface area contributed by atoms with Crippen molar-refractivity contribution in [1.82, 2.24) is 10.2 Å². The average Bonchev–Trinajstić information content (AvgIpc) is 3.22. The van der Waals surface area contributed by atoms with Crippen molar-refractivity contribution in [3.8, 4) is 0 Å². The van der Waals surface area contributed by atoms with Crippen LogP contribution in [0.5, 0.6) is 0 Å². The highest BCUT2D eigenvalue weighted by Gasteiger charge is 2.33. The van der Waals surface area contributed by atoms with Crippen LogP contribution in [0.2, 0.25) is 0 Å². The maximum absolute atomic E-state index is 15.0. The molecule has 10 heteroatoms. The van der Waals surface area contributed by atoms with Gasteiger partial charge in [0.2, 0.25) is 5.91 Å². The van der Waals surface area contributed by atoms with E-state index in [4.69, 9.17) is 16.0 Å². The largest absolute Gasteiger partial charge is 0.442 e. The van der Waals surface area contributed by atoms with Crippen molar-refractivity contribution in [1.29, 1.82) is 0 Å². The predicted octanol–water partition coefficient (Wildman–Crippen LogP) is 2.39. The Morgan fingerprint density at radius 1 is 1.24 bits per heavy atom. The van der Waals surface area contributed by atoms with Crippen LogP contribution in [0.3, 0.4) is 0 Å². The molecular formula is C24H30FN5O4. The van der Waals surface area contributed by atoms with E-state index in [1.165, 1.54) is 17.9 Å². The van der Waals surface area contributed by atoms with E-state index in [1.54, 1.807) is 12.1 Å². The van der Waals surface area contributed by atoms with Crippen molar-refractivity contribution in [2.24, 2.45) is 0 Å². The second kappa shape index (κ2) is 10.8. The molecule has 3 heterocycles. The number of carbonyl (C=O) groups excluding carboxylic acids is 2. The summed E-state index contributed by atoms with van der Waals surface area (Å²) in [7, 11) is 0. The first-order valence-electron chi connectivity index (χ1n) is 11.6. The van der Waals surface area contributed by atoms with E-state index in [0.717, 1.165) is 37.2 Å². The zero-order chi connectivity index (χ0) is 24.1. The van der Waals surface area contributed by atoms with Crippen molar-refractivity contribution in [3.05, 3.63) is 46.7 Å². The van der Waals surface area contributed by atoms with E-state index in [-0.39, 0.29) is 19.0 Å². The van der Waals surface area contributed by atoms with E-state index < -0.39 is 18.0 Å². The maximum atomic E-state index is 15.0. The van der Waals surface area contributed by atoms with Crippen LogP contribution in [0.15, 0.2) is 29.5 Å². The lowest BCUT2D eigenvalue weighted by molar-refractivity contribution is -0.119. The van der Waals surface area contributed by atoms with Gasteiger partial charge in [-0.2, -0.15) is 0 Å². The molecule has 2 amide bonds. The van der Waals surface area contributed by atoms with Crippen LogP contribution in [0.1, 0.15) is 19.8 Å². The number of ether oxygens (including phenoxy) is 2. The van der Waals surface area contributed by atoms with Gasteiger partial charge in [-0.15, -0.1) is 0 Å². The Morgan fingerprint density at radius 2 is 1.97 bits per heavy atom. The fourth-order valence-electron chi connectivity index (χ4n) is 4.52. The highest BCUT2D eigenvalue weighted by atomic mass is 19.1. The summed E-state index contributed by atoms with van der Waals surface area (Å²) in [6, 6.07) is 4.76. The number of nitrogens with one attached hydrogen (secondary N) is 1. The average molecular weight is 472 g/mol. The van der Waals surface area contributed by atoms with E-state index >= 15 is 4.39 Å². The molecule has 9 nitrogen and oxygen atoms in total. The number of carbonyl (C=O) groups is 2. The quantitative estimate of drug-likeness (QED) is 0.642. The van der Waals surface area contributed by atoms with Crippen molar-refractivity contribution in [3.63, 3.8) is 0 Å². The first-order valence-corrected chi connectivity index (χ1v) is 11.6. The van der Waals surface area contributed by atoms with Gasteiger partial charge < -0.3 is 24.6 Å². The van der Waals surface area contributed by atoms with Crippen LogP contribution >= 0.6 is 0 Å². The number of amides is 2. The number of hydrogen-bond acceptors (Lipinski definition) is 6. The highest BCUT2D eigenvalue weighted by molar-refractivity contribution is 5.90. The lowest BCUT2D eigenvalue weighted by Crippen LogP contribution is -2.38. The molecule has 0 saturated carbocycles. The lowest BCUT2D eigenvalue weighted by Gasteiger charge is -2.32. The number of nitrogens with zero attached hydrogens (tertiary/aromatic N) is 4. The van der Waals surface area contributed by atoms with Crippen LogP contribution in [-0.2, 0) is 14.3 Å². The van der Waals surface area contributed by atoms with Crippen LogP contribution in [0.4, 0.5) is 20.6 Å². The molecule has 3 aliphatic rings. The van der Waals surface area contributed by atoms with Gasteiger partial charge in [0.05, 0.1) is 44.3 Å². The van der Waals surface area contributed by atoms with Crippen LogP contribution in [0, 0.1) is 12.4 Å². The van der Waals surface area contributed by atoms with Crippen molar-refractivity contribution in [2.75, 3.05) is 68.8 Å². The molecule has 1 aromatic carbocycles. The number of morpholine rings is 1. The molecule has 4 rings (SSSR count). The van der Waals surface area contributed by atoms with E-state index in [0.29, 0.717) is 44.2 Å². The summed E-state index contributed by atoms with van der Waals surface area (Å²) < 4.78 is 25.7. The lowest BCUT2D eigenvalue weighted by atomic mass is 10.0. The molecule has 0 radical (unpaired) electrons. The predicted molar refractivity (Wildman–Crippen MR) is 125 cm³/mol. The molecule has 3 fully saturated rings. The Balaban J connectivity index is 1.37. The smallest absolute Gasteiger partial charge is 0.414 e. The molecule has 3 saturated heterocycles. The van der Waals surface area contributed by atoms with Gasteiger partial charge in [-0.3, -0.25) is 9.69 Å². The third-order valence-electron chi connectivity index (χ3n) is 6.42. The van der Waals surface area contributed by atoms with Gasteiger partial charge in [0.15, 0.2) is 5.70 Å². The Hall–Kier alpha value is -3.16. The van der Waals surface area contributed by atoms with Gasteiger partial charge in [0.1, 0.15) is 11.9 Å². The third kappa shape index (κ3) is 5.66. The van der Waals surface area contributed by atoms with Gasteiger partial charge in [-0.1, -0.05) is 5.57 Å². The Morgan fingerprint density at radius 3 is 2.62 bits per heavy atom. The summed E-state index contributed by atoms with van der Waals surface area (Å²) in [6.07, 6.45) is 0.432. The molecule has 0 bridgehead atoms. The van der Waals surface area contributed by atoms with Gasteiger partial charge in [0.25, 0.3) is 0 Å². The van der Waals surface area contributed by atoms with Gasteiger partial charge in [-0.25, -0.2) is 14.0 Å². The van der Waals surface area contributed by atoms with Gasteiger partial charge in [0, 0.05) is 39.6 Å². The Bertz CT molecular complexity index is 992. The van der Waals surface area contributed by atoms with Crippen LogP contribution < -0.4 is 15.1 Å². The summed E-state index contributed by atoms with van der Waals surface area (Å²) in [5.41, 5.74) is 2.87. The minimum Gasteiger partial charge on any atom is -0.442 e. The summed E-state index contributed by atoms with van der Waals surface area (Å²) in [4.78, 5) is 32.7. The summed E-state index contributed by atoms with van der Waals surface area (Å²) in [5, 5.41) is 2.63. The monoisotopic (exact) mass is 471 g/mol. The minimum atomic E-state index is -0.554. The first-order chi connectivity index (χ1) is 16.4. The number of halogens is 1. The summed E-state index contributed by atoms with van der Waals surface area (Å²) in [6.45, 7) is 14.5. The first kappa shape index (κ1) is 24.0. The second-order valence-corrected chi connectivity index (χ2v) is 8.73. The van der Waals surface area contributed by atoms with Crippen LogP contribution in [0.25, 0.3) is 4.85 Å². The SMILES string of the molecule is [C-]#[N+]C(CN1CCOCC1)=C1CCN(c2ccc(N3C[C@H](CNC(C)=O)OC3=O)cc2F)CC1. The molecule has 182 valence electrons. The van der Waals surface area contributed by atoms with Crippen molar-refractivity contribution < 1.29 is 23.5 Å². The zero-order valence-corrected chi connectivity index (χ0v) is 19.4. The molecule has 0 aromatic heterocycles. The molecule has 0 aliphatic carbocycles. The third-order valence-corrected chi connectivity index (χ3v) is 6.42. The van der Waals surface area contributed by atoms with Gasteiger partial charge in [-0.05, 0) is 31.0 Å². The molecule has 3 aliphatic heterocycles. The Labute approximate surface area is 198 Å².